The molecule has 0 spiro atoms. The zero-order chi connectivity index (χ0) is 20.6. The minimum Gasteiger partial charge on any atom is -0.497 e. The number of carbonyl (C=O) groups is 2. The van der Waals surface area contributed by atoms with E-state index in [0.29, 0.717) is 22.7 Å². The van der Waals surface area contributed by atoms with Gasteiger partial charge >= 0.3 is 5.97 Å². The number of anilines is 1. The lowest BCUT2D eigenvalue weighted by atomic mass is 10.1. The molecule has 144 valence electrons. The van der Waals surface area contributed by atoms with E-state index in [-0.39, 0.29) is 11.3 Å². The van der Waals surface area contributed by atoms with Crippen molar-refractivity contribution in [1.29, 1.82) is 5.26 Å². The van der Waals surface area contributed by atoms with E-state index in [2.05, 4.69) is 5.32 Å². The standard InChI is InChI=1S/C22H16N2O5/c1-27-19-5-2-4-17(13-19)24-21(25)16(14-23)12-15-7-9-18(10-8-15)29-22(26)20-6-3-11-28-20/h2-13H,1H3,(H,24,25)/b16-12+. The van der Waals surface area contributed by atoms with E-state index in [1.165, 1.54) is 25.5 Å². The monoisotopic (exact) mass is 388 g/mol. The number of methoxy groups -OCH3 is 1. The van der Waals surface area contributed by atoms with Crippen molar-refractivity contribution < 1.29 is 23.5 Å². The van der Waals surface area contributed by atoms with Crippen LogP contribution in [0.5, 0.6) is 11.5 Å². The fourth-order valence-electron chi connectivity index (χ4n) is 2.40. The summed E-state index contributed by atoms with van der Waals surface area (Å²) in [7, 11) is 1.52. The van der Waals surface area contributed by atoms with Gasteiger partial charge in [0.05, 0.1) is 13.4 Å². The highest BCUT2D eigenvalue weighted by Gasteiger charge is 2.12. The number of ether oxygens (including phenoxy) is 2. The predicted octanol–water partition coefficient (Wildman–Crippen LogP) is 4.05. The fraction of sp³-hybridized carbons (Fsp3) is 0.0455. The van der Waals surface area contributed by atoms with Crippen LogP contribution in [0.15, 0.2) is 76.9 Å². The Morgan fingerprint density at radius 3 is 2.52 bits per heavy atom. The number of hydrogen-bond donors (Lipinski definition) is 1. The molecule has 0 aliphatic rings. The van der Waals surface area contributed by atoms with Gasteiger partial charge in [-0.05, 0) is 48.0 Å². The van der Waals surface area contributed by atoms with E-state index in [9.17, 15) is 14.9 Å². The molecule has 1 N–H and O–H groups in total. The maximum atomic E-state index is 12.4. The molecule has 0 saturated heterocycles. The minimum absolute atomic E-state index is 0.0758. The van der Waals surface area contributed by atoms with Crippen LogP contribution in [0, 0.1) is 11.3 Å². The predicted molar refractivity (Wildman–Crippen MR) is 105 cm³/mol. The van der Waals surface area contributed by atoms with E-state index < -0.39 is 11.9 Å². The average Bonchev–Trinajstić information content (AvgIpc) is 3.28. The van der Waals surface area contributed by atoms with Crippen LogP contribution in [0.25, 0.3) is 6.08 Å². The second-order valence-corrected chi connectivity index (χ2v) is 5.79. The summed E-state index contributed by atoms with van der Waals surface area (Å²) in [6.45, 7) is 0. The summed E-state index contributed by atoms with van der Waals surface area (Å²) in [6.07, 6.45) is 2.82. The van der Waals surface area contributed by atoms with Gasteiger partial charge in [-0.3, -0.25) is 4.79 Å². The highest BCUT2D eigenvalue weighted by molar-refractivity contribution is 6.09. The number of nitrogens with one attached hydrogen (secondary N) is 1. The van der Waals surface area contributed by atoms with Gasteiger partial charge in [-0.2, -0.15) is 5.26 Å². The van der Waals surface area contributed by atoms with E-state index in [1.807, 2.05) is 6.07 Å². The Morgan fingerprint density at radius 1 is 1.07 bits per heavy atom. The Morgan fingerprint density at radius 2 is 1.86 bits per heavy atom. The fourth-order valence-corrected chi connectivity index (χ4v) is 2.40. The summed E-state index contributed by atoms with van der Waals surface area (Å²) in [6, 6.07) is 18.2. The molecule has 0 unspecified atom stereocenters. The van der Waals surface area contributed by atoms with E-state index in [0.717, 1.165) is 0 Å². The van der Waals surface area contributed by atoms with Crippen molar-refractivity contribution in [3.8, 4) is 17.6 Å². The molecule has 29 heavy (non-hydrogen) atoms. The van der Waals surface area contributed by atoms with Crippen LogP contribution in [0.1, 0.15) is 16.1 Å². The van der Waals surface area contributed by atoms with E-state index in [1.54, 1.807) is 54.6 Å². The van der Waals surface area contributed by atoms with Crippen LogP contribution in [0.2, 0.25) is 0 Å². The van der Waals surface area contributed by atoms with Crippen LogP contribution < -0.4 is 14.8 Å². The van der Waals surface area contributed by atoms with Crippen molar-refractivity contribution in [2.45, 2.75) is 0 Å². The lowest BCUT2D eigenvalue weighted by molar-refractivity contribution is -0.112. The number of amides is 1. The van der Waals surface area contributed by atoms with Crippen LogP contribution in [0.4, 0.5) is 5.69 Å². The number of hydrogen-bond acceptors (Lipinski definition) is 6. The number of furan rings is 1. The van der Waals surface area contributed by atoms with Crippen molar-refractivity contribution in [2.24, 2.45) is 0 Å². The van der Waals surface area contributed by atoms with E-state index in [4.69, 9.17) is 13.9 Å². The summed E-state index contributed by atoms with van der Waals surface area (Å²) in [5.41, 5.74) is 1.03. The van der Waals surface area contributed by atoms with Gasteiger partial charge in [-0.1, -0.05) is 18.2 Å². The van der Waals surface area contributed by atoms with Crippen LogP contribution >= 0.6 is 0 Å². The molecule has 0 aliphatic heterocycles. The van der Waals surface area contributed by atoms with Crippen molar-refractivity contribution in [2.75, 3.05) is 12.4 Å². The number of nitrogens with zero attached hydrogens (tertiary/aromatic N) is 1. The first kappa shape index (κ1) is 19.5. The molecule has 0 bridgehead atoms. The number of esters is 1. The first-order valence-electron chi connectivity index (χ1n) is 8.52. The zero-order valence-corrected chi connectivity index (χ0v) is 15.4. The van der Waals surface area contributed by atoms with Crippen LogP contribution in [-0.4, -0.2) is 19.0 Å². The Kier molecular flexibility index (Phi) is 6.08. The molecule has 1 amide bonds. The van der Waals surface area contributed by atoms with Crippen molar-refractivity contribution >= 4 is 23.6 Å². The van der Waals surface area contributed by atoms with Crippen molar-refractivity contribution in [1.82, 2.24) is 0 Å². The summed E-state index contributed by atoms with van der Waals surface area (Å²) in [5, 5.41) is 12.0. The lowest BCUT2D eigenvalue weighted by Crippen LogP contribution is -2.13. The van der Waals surface area contributed by atoms with Gasteiger partial charge in [0.25, 0.3) is 5.91 Å². The van der Waals surface area contributed by atoms with Gasteiger partial charge in [-0.25, -0.2) is 4.79 Å². The molecule has 3 aromatic rings. The number of benzene rings is 2. The highest BCUT2D eigenvalue weighted by atomic mass is 16.5. The quantitative estimate of drug-likeness (QED) is 0.296. The van der Waals surface area contributed by atoms with Gasteiger partial charge in [-0.15, -0.1) is 0 Å². The maximum absolute atomic E-state index is 12.4. The third-order valence-corrected chi connectivity index (χ3v) is 3.82. The number of rotatable bonds is 6. The largest absolute Gasteiger partial charge is 0.497 e. The van der Waals surface area contributed by atoms with Crippen molar-refractivity contribution in [3.63, 3.8) is 0 Å². The number of nitriles is 1. The molecular weight excluding hydrogens is 372 g/mol. The maximum Gasteiger partial charge on any atom is 0.379 e. The molecule has 7 nitrogen and oxygen atoms in total. The summed E-state index contributed by atoms with van der Waals surface area (Å²) in [5.74, 6) is -0.175. The van der Waals surface area contributed by atoms with Crippen molar-refractivity contribution in [3.05, 3.63) is 83.8 Å². The Hall–Kier alpha value is -4.31. The summed E-state index contributed by atoms with van der Waals surface area (Å²) >= 11 is 0. The van der Waals surface area contributed by atoms with Gasteiger partial charge in [0.1, 0.15) is 23.1 Å². The number of carbonyl (C=O) groups excluding carboxylic acids is 2. The SMILES string of the molecule is COc1cccc(NC(=O)/C(C#N)=C/c2ccc(OC(=O)c3ccco3)cc2)c1. The first-order chi connectivity index (χ1) is 14.1. The van der Waals surface area contributed by atoms with Gasteiger partial charge < -0.3 is 19.2 Å². The van der Waals surface area contributed by atoms with Gasteiger partial charge in [0, 0.05) is 11.8 Å². The molecular formula is C22H16N2O5. The lowest BCUT2D eigenvalue weighted by Gasteiger charge is -2.06. The third kappa shape index (κ3) is 5.11. The Bertz CT molecular complexity index is 1080. The summed E-state index contributed by atoms with van der Waals surface area (Å²) in [4.78, 5) is 24.2. The van der Waals surface area contributed by atoms with Crippen LogP contribution in [0.3, 0.4) is 0 Å². The highest BCUT2D eigenvalue weighted by Crippen LogP contribution is 2.19. The van der Waals surface area contributed by atoms with Gasteiger partial charge in [0.15, 0.2) is 0 Å². The molecule has 7 heteroatoms. The Balaban J connectivity index is 1.69. The summed E-state index contributed by atoms with van der Waals surface area (Å²) < 4.78 is 15.3. The van der Waals surface area contributed by atoms with Crippen LogP contribution in [-0.2, 0) is 4.79 Å². The first-order valence-corrected chi connectivity index (χ1v) is 8.52. The molecule has 1 aromatic heterocycles. The molecule has 0 aliphatic carbocycles. The molecule has 2 aromatic carbocycles. The average molecular weight is 388 g/mol. The Labute approximate surface area is 166 Å². The normalized spacial score (nSPS) is 10.7. The third-order valence-electron chi connectivity index (χ3n) is 3.82. The van der Waals surface area contributed by atoms with E-state index >= 15 is 0 Å². The second-order valence-electron chi connectivity index (χ2n) is 5.79. The minimum atomic E-state index is -0.617. The zero-order valence-electron chi connectivity index (χ0n) is 15.4. The van der Waals surface area contributed by atoms with Gasteiger partial charge in [0.2, 0.25) is 5.76 Å². The molecule has 0 atom stereocenters. The molecule has 0 radical (unpaired) electrons. The molecule has 0 saturated carbocycles. The molecule has 1 heterocycles. The second kappa shape index (κ2) is 9.06. The topological polar surface area (TPSA) is 102 Å². The molecule has 3 rings (SSSR count). The molecule has 0 fully saturated rings. The smallest absolute Gasteiger partial charge is 0.379 e.